The average molecular weight is 414 g/mol. The first-order chi connectivity index (χ1) is 14.4. The molecule has 2 N–H and O–H groups in total. The standard InChI is InChI=1S/C22H26N2O6/c1-15-8-9-18(16(2)12-15)29-11-10-23-20(25)14-30-21(26)13-24-22(27)17-6-4-5-7-19(17)28-3/h4-9,12H,10-11,13-14H2,1-3H3,(H,23,25)(H,24,27). The Labute approximate surface area is 175 Å². The second-order valence-corrected chi connectivity index (χ2v) is 6.51. The van der Waals surface area contributed by atoms with Crippen molar-refractivity contribution in [1.82, 2.24) is 10.6 Å². The molecular weight excluding hydrogens is 388 g/mol. The van der Waals surface area contributed by atoms with Crippen LogP contribution in [0.25, 0.3) is 0 Å². The number of hydrogen-bond donors (Lipinski definition) is 2. The first-order valence-electron chi connectivity index (χ1n) is 9.44. The molecule has 2 rings (SSSR count). The van der Waals surface area contributed by atoms with Crippen molar-refractivity contribution in [3.8, 4) is 11.5 Å². The van der Waals surface area contributed by atoms with Crippen molar-refractivity contribution < 1.29 is 28.6 Å². The van der Waals surface area contributed by atoms with E-state index in [1.54, 1.807) is 24.3 Å². The van der Waals surface area contributed by atoms with Gasteiger partial charge in [0.25, 0.3) is 11.8 Å². The molecule has 160 valence electrons. The summed E-state index contributed by atoms with van der Waals surface area (Å²) in [6.45, 7) is 3.72. The molecule has 0 spiro atoms. The van der Waals surface area contributed by atoms with E-state index in [0.29, 0.717) is 17.9 Å². The maximum absolute atomic E-state index is 12.1. The number of methoxy groups -OCH3 is 1. The van der Waals surface area contributed by atoms with Crippen molar-refractivity contribution in [1.29, 1.82) is 0 Å². The lowest BCUT2D eigenvalue weighted by Gasteiger charge is -2.11. The third-order valence-electron chi connectivity index (χ3n) is 4.12. The Morgan fingerprint density at radius 2 is 1.73 bits per heavy atom. The number of amides is 2. The molecule has 0 aliphatic rings. The topological polar surface area (TPSA) is 103 Å². The van der Waals surface area contributed by atoms with Crippen LogP contribution < -0.4 is 20.1 Å². The van der Waals surface area contributed by atoms with E-state index in [1.165, 1.54) is 7.11 Å². The lowest BCUT2D eigenvalue weighted by atomic mass is 10.1. The molecular formula is C22H26N2O6. The Balaban J connectivity index is 1.63. The molecule has 0 unspecified atom stereocenters. The van der Waals surface area contributed by atoms with Crippen LogP contribution in [0.15, 0.2) is 42.5 Å². The number of esters is 1. The van der Waals surface area contributed by atoms with Crippen LogP contribution in [0, 0.1) is 13.8 Å². The molecule has 0 aromatic heterocycles. The summed E-state index contributed by atoms with van der Waals surface area (Å²) in [5, 5.41) is 5.03. The van der Waals surface area contributed by atoms with Gasteiger partial charge in [0.05, 0.1) is 19.2 Å². The van der Waals surface area contributed by atoms with Crippen LogP contribution in [-0.4, -0.2) is 51.2 Å². The summed E-state index contributed by atoms with van der Waals surface area (Å²) in [6, 6.07) is 12.5. The Bertz CT molecular complexity index is 897. The van der Waals surface area contributed by atoms with Gasteiger partial charge in [-0.15, -0.1) is 0 Å². The van der Waals surface area contributed by atoms with Crippen LogP contribution in [-0.2, 0) is 14.3 Å². The second-order valence-electron chi connectivity index (χ2n) is 6.51. The minimum absolute atomic E-state index is 0.272. The summed E-state index contributed by atoms with van der Waals surface area (Å²) in [5.41, 5.74) is 2.47. The maximum atomic E-state index is 12.1. The minimum atomic E-state index is -0.722. The fourth-order valence-corrected chi connectivity index (χ4v) is 2.64. The van der Waals surface area contributed by atoms with Crippen molar-refractivity contribution in [2.24, 2.45) is 0 Å². The number of para-hydroxylation sites is 1. The second kappa shape index (κ2) is 11.5. The molecule has 0 atom stereocenters. The molecule has 0 radical (unpaired) electrons. The van der Waals surface area contributed by atoms with Crippen molar-refractivity contribution in [3.05, 3.63) is 59.2 Å². The highest BCUT2D eigenvalue weighted by Crippen LogP contribution is 2.18. The summed E-state index contributed by atoms with van der Waals surface area (Å²) in [6.07, 6.45) is 0. The number of rotatable bonds is 10. The quantitative estimate of drug-likeness (QED) is 0.454. The fourth-order valence-electron chi connectivity index (χ4n) is 2.64. The zero-order valence-corrected chi connectivity index (χ0v) is 17.3. The lowest BCUT2D eigenvalue weighted by Crippen LogP contribution is -2.35. The summed E-state index contributed by atoms with van der Waals surface area (Å²) in [4.78, 5) is 35.6. The summed E-state index contributed by atoms with van der Waals surface area (Å²) in [7, 11) is 1.45. The van der Waals surface area contributed by atoms with Crippen LogP contribution >= 0.6 is 0 Å². The molecule has 8 heteroatoms. The third-order valence-corrected chi connectivity index (χ3v) is 4.12. The van der Waals surface area contributed by atoms with Crippen LogP contribution in [0.5, 0.6) is 11.5 Å². The lowest BCUT2D eigenvalue weighted by molar-refractivity contribution is -0.147. The van der Waals surface area contributed by atoms with E-state index in [4.69, 9.17) is 14.2 Å². The molecule has 0 bridgehead atoms. The monoisotopic (exact) mass is 414 g/mol. The number of ether oxygens (including phenoxy) is 3. The van der Waals surface area contributed by atoms with Gasteiger partial charge in [-0.3, -0.25) is 14.4 Å². The number of benzene rings is 2. The van der Waals surface area contributed by atoms with E-state index < -0.39 is 24.4 Å². The Hall–Kier alpha value is -3.55. The Kier molecular flexibility index (Phi) is 8.68. The molecule has 0 saturated heterocycles. The van der Waals surface area contributed by atoms with E-state index in [2.05, 4.69) is 10.6 Å². The van der Waals surface area contributed by atoms with Crippen LogP contribution in [0.4, 0.5) is 0 Å². The van der Waals surface area contributed by atoms with Gasteiger partial charge in [-0.25, -0.2) is 0 Å². The molecule has 0 saturated carbocycles. The van der Waals surface area contributed by atoms with Gasteiger partial charge in [-0.2, -0.15) is 0 Å². The van der Waals surface area contributed by atoms with Crippen molar-refractivity contribution in [2.45, 2.75) is 13.8 Å². The van der Waals surface area contributed by atoms with Gasteiger partial charge >= 0.3 is 5.97 Å². The third kappa shape index (κ3) is 7.12. The first kappa shape index (κ1) is 22.7. The van der Waals surface area contributed by atoms with E-state index in [9.17, 15) is 14.4 Å². The highest BCUT2D eigenvalue weighted by atomic mass is 16.5. The van der Waals surface area contributed by atoms with Crippen molar-refractivity contribution in [3.63, 3.8) is 0 Å². The Morgan fingerprint density at radius 3 is 2.47 bits per heavy atom. The molecule has 30 heavy (non-hydrogen) atoms. The molecule has 2 aromatic rings. The zero-order chi connectivity index (χ0) is 21.9. The van der Waals surface area contributed by atoms with E-state index in [-0.39, 0.29) is 13.1 Å². The normalized spacial score (nSPS) is 10.1. The number of carbonyl (C=O) groups excluding carboxylic acids is 3. The van der Waals surface area contributed by atoms with Gasteiger partial charge in [0.15, 0.2) is 6.61 Å². The highest BCUT2D eigenvalue weighted by Gasteiger charge is 2.14. The zero-order valence-electron chi connectivity index (χ0n) is 17.3. The first-order valence-corrected chi connectivity index (χ1v) is 9.44. The van der Waals surface area contributed by atoms with Crippen LogP contribution in [0.2, 0.25) is 0 Å². The van der Waals surface area contributed by atoms with Gasteiger partial charge in [0.2, 0.25) is 0 Å². The molecule has 0 heterocycles. The Morgan fingerprint density at radius 1 is 0.967 bits per heavy atom. The van der Waals surface area contributed by atoms with Gasteiger partial charge in [0.1, 0.15) is 24.7 Å². The van der Waals surface area contributed by atoms with E-state index >= 15 is 0 Å². The predicted molar refractivity (Wildman–Crippen MR) is 111 cm³/mol. The number of aryl methyl sites for hydroxylation is 2. The molecule has 0 aliphatic carbocycles. The number of nitrogens with one attached hydrogen (secondary N) is 2. The van der Waals surface area contributed by atoms with Crippen LogP contribution in [0.1, 0.15) is 21.5 Å². The summed E-state index contributed by atoms with van der Waals surface area (Å²) < 4.78 is 15.6. The SMILES string of the molecule is COc1ccccc1C(=O)NCC(=O)OCC(=O)NCCOc1ccc(C)cc1C. The minimum Gasteiger partial charge on any atom is -0.496 e. The molecule has 0 fully saturated rings. The number of hydrogen-bond acceptors (Lipinski definition) is 6. The van der Waals surface area contributed by atoms with E-state index in [1.807, 2.05) is 32.0 Å². The summed E-state index contributed by atoms with van der Waals surface area (Å²) >= 11 is 0. The van der Waals surface area contributed by atoms with Crippen molar-refractivity contribution >= 4 is 17.8 Å². The molecule has 2 aromatic carbocycles. The van der Waals surface area contributed by atoms with Gasteiger partial charge in [-0.1, -0.05) is 29.8 Å². The van der Waals surface area contributed by atoms with Gasteiger partial charge in [-0.05, 0) is 37.6 Å². The fraction of sp³-hybridized carbons (Fsp3) is 0.318. The van der Waals surface area contributed by atoms with Crippen molar-refractivity contribution in [2.75, 3.05) is 33.4 Å². The molecule has 8 nitrogen and oxygen atoms in total. The smallest absolute Gasteiger partial charge is 0.325 e. The average Bonchev–Trinajstić information content (AvgIpc) is 2.74. The predicted octanol–water partition coefficient (Wildman–Crippen LogP) is 1.78. The molecule has 2 amide bonds. The van der Waals surface area contributed by atoms with E-state index in [0.717, 1.165) is 16.9 Å². The van der Waals surface area contributed by atoms with Gasteiger partial charge < -0.3 is 24.8 Å². The largest absolute Gasteiger partial charge is 0.496 e. The summed E-state index contributed by atoms with van der Waals surface area (Å²) in [5.74, 6) is -0.501. The highest BCUT2D eigenvalue weighted by molar-refractivity contribution is 5.98. The van der Waals surface area contributed by atoms with Crippen LogP contribution in [0.3, 0.4) is 0 Å². The maximum Gasteiger partial charge on any atom is 0.325 e. The molecule has 0 aliphatic heterocycles. The number of carbonyl (C=O) groups is 3. The van der Waals surface area contributed by atoms with Gasteiger partial charge in [0, 0.05) is 0 Å².